The molecule has 5 heteroatoms. The molecule has 0 bridgehead atoms. The van der Waals surface area contributed by atoms with Gasteiger partial charge in [0.15, 0.2) is 22.9 Å². The Morgan fingerprint density at radius 3 is 2.61 bits per heavy atom. The van der Waals surface area contributed by atoms with Crippen LogP contribution in [0.25, 0.3) is 22.5 Å². The van der Waals surface area contributed by atoms with E-state index in [2.05, 4.69) is 0 Å². The van der Waals surface area contributed by atoms with Crippen molar-refractivity contribution in [3.05, 3.63) is 41.1 Å². The molecule has 3 aromatic rings. The molecule has 4 nitrogen and oxygen atoms in total. The third-order valence-corrected chi connectivity index (χ3v) is 2.95. The number of fused-ring (bicyclic) bond motifs is 1. The molecular weight excluding hydrogens is 252 g/mol. The summed E-state index contributed by atoms with van der Waals surface area (Å²) in [6.45, 7) is 0. The third-order valence-electron chi connectivity index (χ3n) is 2.61. The highest BCUT2D eigenvalue weighted by atomic mass is 32.1. The molecule has 0 aliphatic rings. The van der Waals surface area contributed by atoms with E-state index in [1.165, 1.54) is 12.3 Å². The van der Waals surface area contributed by atoms with Gasteiger partial charge in [0.05, 0.1) is 10.8 Å². The highest BCUT2D eigenvalue weighted by Gasteiger charge is 2.12. The van der Waals surface area contributed by atoms with Gasteiger partial charge in [-0.3, -0.25) is 0 Å². The van der Waals surface area contributed by atoms with Crippen molar-refractivity contribution in [2.75, 3.05) is 0 Å². The van der Waals surface area contributed by atoms with Crippen LogP contribution < -0.4 is 0 Å². The van der Waals surface area contributed by atoms with E-state index in [-0.39, 0.29) is 17.1 Å². The molecule has 2 aromatic heterocycles. The van der Waals surface area contributed by atoms with Crippen LogP contribution in [0.1, 0.15) is 0 Å². The van der Waals surface area contributed by atoms with Crippen molar-refractivity contribution in [2.24, 2.45) is 0 Å². The fourth-order valence-corrected chi connectivity index (χ4v) is 2.00. The average Bonchev–Trinajstić information content (AvgIpc) is 2.88. The van der Waals surface area contributed by atoms with Crippen molar-refractivity contribution in [1.29, 1.82) is 0 Å². The van der Waals surface area contributed by atoms with E-state index in [0.29, 0.717) is 21.4 Å². The molecule has 0 radical (unpaired) electrons. The van der Waals surface area contributed by atoms with Crippen LogP contribution in [-0.4, -0.2) is 10.2 Å². The van der Waals surface area contributed by atoms with Gasteiger partial charge in [-0.1, -0.05) is 12.2 Å². The maximum Gasteiger partial charge on any atom is 0.201 e. The minimum Gasteiger partial charge on any atom is -0.504 e. The predicted molar refractivity (Wildman–Crippen MR) is 68.1 cm³/mol. The van der Waals surface area contributed by atoms with Gasteiger partial charge in [-0.15, -0.1) is 0 Å². The van der Waals surface area contributed by atoms with Crippen LogP contribution in [0.2, 0.25) is 0 Å². The van der Waals surface area contributed by atoms with Crippen LogP contribution in [-0.2, 0) is 0 Å². The zero-order chi connectivity index (χ0) is 12.7. The summed E-state index contributed by atoms with van der Waals surface area (Å²) in [4.78, 5) is 0. The summed E-state index contributed by atoms with van der Waals surface area (Å²) in [6.07, 6.45) is 1.51. The minimum absolute atomic E-state index is 0.147. The van der Waals surface area contributed by atoms with Gasteiger partial charge >= 0.3 is 0 Å². The number of aromatic hydroxyl groups is 2. The Kier molecular flexibility index (Phi) is 2.34. The van der Waals surface area contributed by atoms with Crippen LogP contribution in [0.15, 0.2) is 45.4 Å². The molecule has 0 fully saturated rings. The molecule has 0 saturated heterocycles. The molecule has 3 rings (SSSR count). The van der Waals surface area contributed by atoms with Crippen molar-refractivity contribution >= 4 is 23.2 Å². The molecule has 90 valence electrons. The molecular formula is C13H8O4S. The smallest absolute Gasteiger partial charge is 0.201 e. The standard InChI is InChI=1S/C13H8O4S/c14-8-4-3-7-11(18)6-10(9-2-1-5-16-9)17-13(7)12(8)15/h1-6,14-15H. The van der Waals surface area contributed by atoms with Crippen molar-refractivity contribution in [2.45, 2.75) is 0 Å². The second-order valence-corrected chi connectivity index (χ2v) is 4.20. The van der Waals surface area contributed by atoms with Crippen LogP contribution >= 0.6 is 12.2 Å². The number of rotatable bonds is 1. The Labute approximate surface area is 107 Å². The quantitative estimate of drug-likeness (QED) is 0.514. The molecule has 1 aromatic carbocycles. The molecule has 18 heavy (non-hydrogen) atoms. The van der Waals surface area contributed by atoms with E-state index >= 15 is 0 Å². The lowest BCUT2D eigenvalue weighted by molar-refractivity contribution is 0.399. The average molecular weight is 260 g/mol. The summed E-state index contributed by atoms with van der Waals surface area (Å²) in [5, 5.41) is 19.8. The fourth-order valence-electron chi connectivity index (χ4n) is 1.73. The molecule has 0 unspecified atom stereocenters. The van der Waals surface area contributed by atoms with Crippen LogP contribution in [0.3, 0.4) is 0 Å². The molecule has 2 N–H and O–H groups in total. The lowest BCUT2D eigenvalue weighted by atomic mass is 10.2. The van der Waals surface area contributed by atoms with Crippen molar-refractivity contribution in [3.8, 4) is 23.0 Å². The highest BCUT2D eigenvalue weighted by Crippen LogP contribution is 2.36. The van der Waals surface area contributed by atoms with E-state index < -0.39 is 0 Å². The summed E-state index contributed by atoms with van der Waals surface area (Å²) in [5.74, 6) is 0.327. The third kappa shape index (κ3) is 1.56. The van der Waals surface area contributed by atoms with E-state index in [9.17, 15) is 10.2 Å². The molecule has 0 saturated carbocycles. The van der Waals surface area contributed by atoms with Crippen molar-refractivity contribution < 1.29 is 19.0 Å². The minimum atomic E-state index is -0.327. The topological polar surface area (TPSA) is 66.7 Å². The van der Waals surface area contributed by atoms with Gasteiger partial charge in [0, 0.05) is 11.5 Å². The first-order chi connectivity index (χ1) is 8.66. The SMILES string of the molecule is Oc1ccc2c(=S)cc(-c3ccco3)oc2c1O. The van der Waals surface area contributed by atoms with Crippen molar-refractivity contribution in [3.63, 3.8) is 0 Å². The summed E-state index contributed by atoms with van der Waals surface area (Å²) in [5.41, 5.74) is 0.147. The van der Waals surface area contributed by atoms with Crippen LogP contribution in [0.5, 0.6) is 11.5 Å². The second-order valence-electron chi connectivity index (χ2n) is 3.76. The fraction of sp³-hybridized carbons (Fsp3) is 0. The van der Waals surface area contributed by atoms with Crippen LogP contribution in [0.4, 0.5) is 0 Å². The maximum atomic E-state index is 9.78. The van der Waals surface area contributed by atoms with Gasteiger partial charge in [-0.25, -0.2) is 0 Å². The first-order valence-electron chi connectivity index (χ1n) is 5.19. The first-order valence-corrected chi connectivity index (χ1v) is 5.60. The normalized spacial score (nSPS) is 10.9. The summed E-state index contributed by atoms with van der Waals surface area (Å²) in [7, 11) is 0. The van der Waals surface area contributed by atoms with E-state index in [4.69, 9.17) is 21.1 Å². The number of hydrogen-bond acceptors (Lipinski definition) is 5. The molecule has 0 aliphatic heterocycles. The summed E-state index contributed by atoms with van der Waals surface area (Å²) in [6, 6.07) is 8.06. The Morgan fingerprint density at radius 1 is 1.06 bits per heavy atom. The van der Waals surface area contributed by atoms with Crippen molar-refractivity contribution in [1.82, 2.24) is 0 Å². The van der Waals surface area contributed by atoms with Gasteiger partial charge < -0.3 is 19.0 Å². The Balaban J connectivity index is 2.39. The number of furan rings is 1. The lowest BCUT2D eigenvalue weighted by Gasteiger charge is -2.04. The van der Waals surface area contributed by atoms with Gasteiger partial charge in [-0.05, 0) is 24.3 Å². The largest absolute Gasteiger partial charge is 0.504 e. The molecule has 0 spiro atoms. The van der Waals surface area contributed by atoms with Crippen LogP contribution in [0, 0.1) is 4.51 Å². The lowest BCUT2D eigenvalue weighted by Crippen LogP contribution is -1.80. The molecule has 0 amide bonds. The van der Waals surface area contributed by atoms with Gasteiger partial charge in [-0.2, -0.15) is 0 Å². The Hall–Kier alpha value is -2.27. The molecule has 0 atom stereocenters. The summed E-state index contributed by atoms with van der Waals surface area (Å²) >= 11 is 5.22. The molecule has 0 aliphatic carbocycles. The van der Waals surface area contributed by atoms with E-state index in [1.807, 2.05) is 0 Å². The second kappa shape index (κ2) is 3.89. The maximum absolute atomic E-state index is 9.78. The van der Waals surface area contributed by atoms with Gasteiger partial charge in [0.25, 0.3) is 0 Å². The number of benzene rings is 1. The zero-order valence-corrected chi connectivity index (χ0v) is 9.90. The van der Waals surface area contributed by atoms with Gasteiger partial charge in [0.1, 0.15) is 0 Å². The zero-order valence-electron chi connectivity index (χ0n) is 9.08. The summed E-state index contributed by atoms with van der Waals surface area (Å²) < 4.78 is 11.2. The predicted octanol–water partition coefficient (Wildman–Crippen LogP) is 3.83. The Morgan fingerprint density at radius 2 is 1.89 bits per heavy atom. The number of hydrogen-bond donors (Lipinski definition) is 2. The Bertz CT molecular complexity index is 772. The van der Waals surface area contributed by atoms with E-state index in [1.54, 1.807) is 24.3 Å². The number of phenolic OH excluding ortho intramolecular Hbond substituents is 2. The number of phenols is 2. The molecule has 2 heterocycles. The van der Waals surface area contributed by atoms with E-state index in [0.717, 1.165) is 0 Å². The first kappa shape index (κ1) is 10.9. The monoisotopic (exact) mass is 260 g/mol. The highest BCUT2D eigenvalue weighted by molar-refractivity contribution is 7.71. The van der Waals surface area contributed by atoms with Gasteiger partial charge in [0.2, 0.25) is 5.75 Å².